The lowest BCUT2D eigenvalue weighted by Gasteiger charge is -2.47. The maximum atomic E-state index is 13.8. The van der Waals surface area contributed by atoms with E-state index >= 15 is 0 Å². The van der Waals surface area contributed by atoms with Crippen LogP contribution in [0.4, 0.5) is 0 Å². The van der Waals surface area contributed by atoms with Crippen LogP contribution >= 0.6 is 15.9 Å². The van der Waals surface area contributed by atoms with Crippen LogP contribution in [-0.4, -0.2) is 39.2 Å². The molecule has 6 heteroatoms. The van der Waals surface area contributed by atoms with E-state index in [1.165, 1.54) is 5.56 Å². The lowest BCUT2D eigenvalue weighted by atomic mass is 9.86. The van der Waals surface area contributed by atoms with Crippen molar-refractivity contribution in [1.29, 1.82) is 0 Å². The lowest BCUT2D eigenvalue weighted by molar-refractivity contribution is -0.159. The van der Waals surface area contributed by atoms with Crippen LogP contribution in [-0.2, 0) is 22.6 Å². The number of carbonyl (C=O) groups excluding carboxylic acids is 2. The van der Waals surface area contributed by atoms with E-state index in [9.17, 15) is 9.59 Å². The number of fused-ring (bicyclic) bond motifs is 4. The monoisotopic (exact) mass is 513 g/mol. The second-order valence-corrected chi connectivity index (χ2v) is 10.1. The fraction of sp³-hybridized carbons (Fsp3) is 0.214. The van der Waals surface area contributed by atoms with Gasteiger partial charge in [-0.3, -0.25) is 9.59 Å². The first-order chi connectivity index (χ1) is 16.5. The molecule has 0 saturated carbocycles. The molecule has 1 aromatic heterocycles. The number of H-pyrrole nitrogens is 1. The number of nitrogens with one attached hydrogen (secondary N) is 1. The van der Waals surface area contributed by atoms with Crippen LogP contribution in [0.3, 0.4) is 0 Å². The summed E-state index contributed by atoms with van der Waals surface area (Å²) in [7, 11) is 0. The normalized spacial score (nSPS) is 19.9. The molecular weight excluding hydrogens is 490 g/mol. The second kappa shape index (κ2) is 8.13. The zero-order chi connectivity index (χ0) is 23.4. The summed E-state index contributed by atoms with van der Waals surface area (Å²) in [6.07, 6.45) is 0.515. The highest BCUT2D eigenvalue weighted by Gasteiger charge is 2.48. The minimum absolute atomic E-state index is 0.0122. The van der Waals surface area contributed by atoms with E-state index in [-0.39, 0.29) is 24.4 Å². The maximum absolute atomic E-state index is 13.8. The van der Waals surface area contributed by atoms with Crippen LogP contribution < -0.4 is 0 Å². The van der Waals surface area contributed by atoms with Crippen molar-refractivity contribution in [3.05, 3.63) is 105 Å². The van der Waals surface area contributed by atoms with Crippen molar-refractivity contribution < 1.29 is 9.59 Å². The smallest absolute Gasteiger partial charge is 0.246 e. The highest BCUT2D eigenvalue weighted by atomic mass is 79.9. The van der Waals surface area contributed by atoms with E-state index in [1.807, 2.05) is 72.5 Å². The SMILES string of the molecule is Cc1ccc(CN2CC(=O)N3[C@H](c4ccc(Br)cc4)c4[nH]c5ccccc5c4C[C@H]3C2=O)cc1. The van der Waals surface area contributed by atoms with Gasteiger partial charge >= 0.3 is 0 Å². The van der Waals surface area contributed by atoms with Gasteiger partial charge in [-0.15, -0.1) is 0 Å². The highest BCUT2D eigenvalue weighted by molar-refractivity contribution is 9.10. The van der Waals surface area contributed by atoms with Crippen LogP contribution in [0.15, 0.2) is 77.3 Å². The third-order valence-electron chi connectivity index (χ3n) is 7.02. The van der Waals surface area contributed by atoms with Gasteiger partial charge in [0.25, 0.3) is 0 Å². The van der Waals surface area contributed by atoms with Crippen molar-refractivity contribution in [3.8, 4) is 0 Å². The van der Waals surface area contributed by atoms with Crippen LogP contribution in [0.1, 0.15) is 34.0 Å². The number of halogens is 1. The Labute approximate surface area is 206 Å². The molecule has 5 nitrogen and oxygen atoms in total. The largest absolute Gasteiger partial charge is 0.356 e. The number of hydrogen-bond donors (Lipinski definition) is 1. The predicted molar refractivity (Wildman–Crippen MR) is 135 cm³/mol. The van der Waals surface area contributed by atoms with E-state index in [4.69, 9.17) is 0 Å². The molecule has 0 radical (unpaired) electrons. The van der Waals surface area contributed by atoms with Gasteiger partial charge in [0.05, 0.1) is 6.04 Å². The summed E-state index contributed by atoms with van der Waals surface area (Å²) < 4.78 is 0.978. The molecule has 6 rings (SSSR count). The van der Waals surface area contributed by atoms with Crippen LogP contribution in [0.2, 0.25) is 0 Å². The fourth-order valence-corrected chi connectivity index (χ4v) is 5.63. The summed E-state index contributed by atoms with van der Waals surface area (Å²) in [5.74, 6) is -0.00726. The van der Waals surface area contributed by atoms with Crippen molar-refractivity contribution in [3.63, 3.8) is 0 Å². The van der Waals surface area contributed by atoms with Crippen molar-refractivity contribution in [2.24, 2.45) is 0 Å². The van der Waals surface area contributed by atoms with Crippen molar-refractivity contribution in [1.82, 2.24) is 14.8 Å². The Morgan fingerprint density at radius 3 is 2.47 bits per heavy atom. The molecule has 2 atom stereocenters. The number of carbonyl (C=O) groups is 2. The standard InChI is InChI=1S/C28H24BrN3O2/c1-17-6-8-18(9-7-17)15-31-16-25(33)32-24(28(31)34)14-22-21-4-2-3-5-23(21)30-26(22)27(32)19-10-12-20(29)13-11-19/h2-13,24,27,30H,14-16H2,1H3/t24-,27+/m0/s1. The number of aryl methyl sites for hydroxylation is 1. The van der Waals surface area contributed by atoms with E-state index in [0.717, 1.165) is 37.8 Å². The third kappa shape index (κ3) is 3.44. The van der Waals surface area contributed by atoms with Gasteiger partial charge in [-0.1, -0.05) is 76.1 Å². The van der Waals surface area contributed by atoms with Gasteiger partial charge in [0.2, 0.25) is 11.8 Å². The molecule has 0 spiro atoms. The lowest BCUT2D eigenvalue weighted by Crippen LogP contribution is -2.62. The Bertz CT molecular complexity index is 1410. The van der Waals surface area contributed by atoms with Gasteiger partial charge in [-0.05, 0) is 41.8 Å². The maximum Gasteiger partial charge on any atom is 0.246 e. The molecule has 3 heterocycles. The molecule has 1 fully saturated rings. The average Bonchev–Trinajstić information content (AvgIpc) is 3.21. The number of rotatable bonds is 3. The zero-order valence-electron chi connectivity index (χ0n) is 18.8. The zero-order valence-corrected chi connectivity index (χ0v) is 20.4. The summed E-state index contributed by atoms with van der Waals surface area (Å²) in [4.78, 5) is 34.5. The number of para-hydroxylation sites is 1. The van der Waals surface area contributed by atoms with Crippen LogP contribution in [0, 0.1) is 6.92 Å². The van der Waals surface area contributed by atoms with Gasteiger partial charge < -0.3 is 14.8 Å². The summed E-state index contributed by atoms with van der Waals surface area (Å²) in [5.41, 5.74) is 6.37. The third-order valence-corrected chi connectivity index (χ3v) is 7.55. The van der Waals surface area contributed by atoms with Crippen molar-refractivity contribution in [2.75, 3.05) is 6.54 Å². The molecule has 4 aromatic rings. The Balaban J connectivity index is 1.44. The van der Waals surface area contributed by atoms with Crippen molar-refractivity contribution >= 4 is 38.6 Å². The first kappa shape index (κ1) is 21.2. The number of hydrogen-bond acceptors (Lipinski definition) is 2. The number of aromatic amines is 1. The van der Waals surface area contributed by atoms with Gasteiger partial charge in [0.1, 0.15) is 12.6 Å². The summed E-state index contributed by atoms with van der Waals surface area (Å²) in [6, 6.07) is 23.5. The Morgan fingerprint density at radius 1 is 0.971 bits per heavy atom. The minimum Gasteiger partial charge on any atom is -0.356 e. The van der Waals surface area contributed by atoms with Gasteiger partial charge in [0, 0.05) is 34.0 Å². The highest BCUT2D eigenvalue weighted by Crippen LogP contribution is 2.42. The number of benzene rings is 3. The molecule has 170 valence electrons. The quantitative estimate of drug-likeness (QED) is 0.413. The van der Waals surface area contributed by atoms with Gasteiger partial charge in [-0.25, -0.2) is 0 Å². The Morgan fingerprint density at radius 2 is 1.71 bits per heavy atom. The van der Waals surface area contributed by atoms with E-state index in [2.05, 4.69) is 33.0 Å². The van der Waals surface area contributed by atoms with Crippen LogP contribution in [0.5, 0.6) is 0 Å². The van der Waals surface area contributed by atoms with Gasteiger partial charge in [-0.2, -0.15) is 0 Å². The molecular formula is C28H24BrN3O2. The molecule has 34 heavy (non-hydrogen) atoms. The summed E-state index contributed by atoms with van der Waals surface area (Å²) in [5, 5.41) is 1.12. The minimum atomic E-state index is -0.521. The van der Waals surface area contributed by atoms with Crippen LogP contribution in [0.25, 0.3) is 10.9 Å². The summed E-state index contributed by atoms with van der Waals surface area (Å²) >= 11 is 3.51. The number of aromatic nitrogens is 1. The number of piperazine rings is 1. The molecule has 0 aliphatic carbocycles. The number of nitrogens with zero attached hydrogens (tertiary/aromatic N) is 2. The molecule has 0 unspecified atom stereocenters. The molecule has 2 aliphatic heterocycles. The molecule has 1 saturated heterocycles. The predicted octanol–water partition coefficient (Wildman–Crippen LogP) is 5.12. The van der Waals surface area contributed by atoms with Gasteiger partial charge in [0.15, 0.2) is 0 Å². The number of amides is 2. The molecule has 2 amide bonds. The topological polar surface area (TPSA) is 56.4 Å². The Kier molecular flexibility index (Phi) is 5.06. The van der Waals surface area contributed by atoms with E-state index < -0.39 is 6.04 Å². The first-order valence-electron chi connectivity index (χ1n) is 11.5. The van der Waals surface area contributed by atoms with E-state index in [1.54, 1.807) is 4.90 Å². The molecule has 1 N–H and O–H groups in total. The second-order valence-electron chi connectivity index (χ2n) is 9.22. The van der Waals surface area contributed by atoms with E-state index in [0.29, 0.717) is 13.0 Å². The molecule has 2 aliphatic rings. The summed E-state index contributed by atoms with van der Waals surface area (Å²) in [6.45, 7) is 2.57. The van der Waals surface area contributed by atoms with Crippen molar-refractivity contribution in [2.45, 2.75) is 32.0 Å². The average molecular weight is 514 g/mol. The first-order valence-corrected chi connectivity index (χ1v) is 12.3. The molecule has 3 aromatic carbocycles. The molecule has 0 bridgehead atoms. The Hall–Kier alpha value is -3.38. The fourth-order valence-electron chi connectivity index (χ4n) is 5.36.